The maximum atomic E-state index is 12.7. The smallest absolute Gasteiger partial charge is 0.271 e. The molecule has 6 nitrogen and oxygen atoms in total. The summed E-state index contributed by atoms with van der Waals surface area (Å²) in [4.78, 5) is 45.0. The van der Waals surface area contributed by atoms with Crippen molar-refractivity contribution in [1.82, 2.24) is 9.97 Å². The average molecular weight is 291 g/mol. The van der Waals surface area contributed by atoms with Crippen LogP contribution < -0.4 is 10.5 Å². The molecule has 22 heavy (non-hydrogen) atoms. The molecule has 2 aromatic heterocycles. The van der Waals surface area contributed by atoms with E-state index in [1.54, 1.807) is 42.6 Å². The predicted molar refractivity (Wildman–Crippen MR) is 79.9 cm³/mol. The molecule has 4 rings (SSSR count). The number of aromatic nitrogens is 2. The largest absolute Gasteiger partial charge is 0.321 e. The molecule has 6 heteroatoms. The van der Waals surface area contributed by atoms with Gasteiger partial charge in [0.05, 0.1) is 17.4 Å². The number of aromatic amines is 1. The molecule has 0 unspecified atom stereocenters. The minimum absolute atomic E-state index is 0.118. The van der Waals surface area contributed by atoms with Crippen LogP contribution in [-0.4, -0.2) is 21.8 Å². The lowest BCUT2D eigenvalue weighted by molar-refractivity contribution is 0.0926. The van der Waals surface area contributed by atoms with Gasteiger partial charge in [-0.2, -0.15) is 0 Å². The molecule has 3 aromatic rings. The number of benzene rings is 1. The highest BCUT2D eigenvalue weighted by Gasteiger charge is 2.40. The third-order valence-corrected chi connectivity index (χ3v) is 3.66. The third kappa shape index (κ3) is 1.54. The molecule has 0 radical (unpaired) electrons. The van der Waals surface area contributed by atoms with E-state index in [4.69, 9.17) is 0 Å². The van der Waals surface area contributed by atoms with E-state index in [-0.39, 0.29) is 11.1 Å². The Labute approximate surface area is 124 Å². The van der Waals surface area contributed by atoms with E-state index < -0.39 is 17.4 Å². The third-order valence-electron chi connectivity index (χ3n) is 3.66. The molecule has 1 aliphatic heterocycles. The van der Waals surface area contributed by atoms with Gasteiger partial charge in [-0.05, 0) is 18.2 Å². The van der Waals surface area contributed by atoms with Crippen molar-refractivity contribution >= 4 is 28.4 Å². The lowest BCUT2D eigenvalue weighted by Gasteiger charge is -2.12. The van der Waals surface area contributed by atoms with Gasteiger partial charge < -0.3 is 4.98 Å². The first kappa shape index (κ1) is 12.5. The molecule has 0 fully saturated rings. The molecular formula is C16H9N3O3. The zero-order valence-corrected chi connectivity index (χ0v) is 11.2. The lowest BCUT2D eigenvalue weighted by atomic mass is 10.1. The standard InChI is InChI=1S/C16H9N3O3/c20-14-13-12(10-5-1-2-6-11(10)18-14)15(21)19(16(13)22)9-4-3-7-17-8-9/h1-8H,(H,18,20). The van der Waals surface area contributed by atoms with E-state index in [0.29, 0.717) is 16.6 Å². The molecule has 0 spiro atoms. The SMILES string of the molecule is O=C1c2c(c3ccccc3[nH]c2=O)C(=O)N1c1cccnc1. The highest BCUT2D eigenvalue weighted by Crippen LogP contribution is 2.29. The number of rotatable bonds is 1. The number of nitrogens with one attached hydrogen (secondary N) is 1. The number of hydrogen-bond acceptors (Lipinski definition) is 4. The Balaban J connectivity index is 2.04. The van der Waals surface area contributed by atoms with Gasteiger partial charge in [0.1, 0.15) is 5.56 Å². The molecule has 0 bridgehead atoms. The summed E-state index contributed by atoms with van der Waals surface area (Å²) in [6.45, 7) is 0. The van der Waals surface area contributed by atoms with Crippen molar-refractivity contribution in [2.75, 3.05) is 4.90 Å². The van der Waals surface area contributed by atoms with Crippen LogP contribution in [0, 0.1) is 0 Å². The Morgan fingerprint density at radius 1 is 0.909 bits per heavy atom. The van der Waals surface area contributed by atoms with E-state index >= 15 is 0 Å². The van der Waals surface area contributed by atoms with E-state index in [2.05, 4.69) is 9.97 Å². The second-order valence-electron chi connectivity index (χ2n) is 4.91. The Morgan fingerprint density at radius 3 is 2.45 bits per heavy atom. The molecule has 0 atom stereocenters. The molecule has 2 amide bonds. The number of para-hydroxylation sites is 1. The minimum atomic E-state index is -0.625. The van der Waals surface area contributed by atoms with Crippen molar-refractivity contribution in [2.24, 2.45) is 0 Å². The predicted octanol–water partition coefficient (Wildman–Crippen LogP) is 1.72. The lowest BCUT2D eigenvalue weighted by Crippen LogP contribution is -2.30. The van der Waals surface area contributed by atoms with Gasteiger partial charge in [-0.3, -0.25) is 19.4 Å². The number of amides is 2. The highest BCUT2D eigenvalue weighted by atomic mass is 16.2. The van der Waals surface area contributed by atoms with Crippen LogP contribution in [0.4, 0.5) is 5.69 Å². The van der Waals surface area contributed by atoms with Gasteiger partial charge >= 0.3 is 0 Å². The zero-order chi connectivity index (χ0) is 15.3. The summed E-state index contributed by atoms with van der Waals surface area (Å²) in [6, 6.07) is 10.1. The maximum absolute atomic E-state index is 12.7. The Hall–Kier alpha value is -3.28. The maximum Gasteiger partial charge on any atom is 0.271 e. The first-order valence-electron chi connectivity index (χ1n) is 6.62. The van der Waals surface area contributed by atoms with Gasteiger partial charge in [0.25, 0.3) is 17.4 Å². The van der Waals surface area contributed by atoms with Crippen molar-refractivity contribution in [1.29, 1.82) is 0 Å². The number of carbonyl (C=O) groups excluding carboxylic acids is 2. The average Bonchev–Trinajstić information content (AvgIpc) is 2.80. The fraction of sp³-hybridized carbons (Fsp3) is 0. The molecule has 0 saturated heterocycles. The second kappa shape index (κ2) is 4.36. The summed E-state index contributed by atoms with van der Waals surface area (Å²) in [5.41, 5.74) is 0.344. The van der Waals surface area contributed by atoms with Gasteiger partial charge in [0.2, 0.25) is 0 Å². The van der Waals surface area contributed by atoms with Gasteiger partial charge in [-0.1, -0.05) is 18.2 Å². The monoisotopic (exact) mass is 291 g/mol. The van der Waals surface area contributed by atoms with Crippen LogP contribution >= 0.6 is 0 Å². The zero-order valence-electron chi connectivity index (χ0n) is 11.2. The number of carbonyl (C=O) groups is 2. The highest BCUT2D eigenvalue weighted by molar-refractivity contribution is 6.37. The summed E-state index contributed by atoms with van der Waals surface area (Å²) in [7, 11) is 0. The van der Waals surface area contributed by atoms with Gasteiger partial charge in [0.15, 0.2) is 0 Å². The van der Waals surface area contributed by atoms with Crippen LogP contribution in [0.1, 0.15) is 20.7 Å². The molecule has 1 aromatic carbocycles. The molecule has 0 saturated carbocycles. The van der Waals surface area contributed by atoms with Crippen molar-refractivity contribution in [3.63, 3.8) is 0 Å². The van der Waals surface area contributed by atoms with Crippen LogP contribution in [0.2, 0.25) is 0 Å². The van der Waals surface area contributed by atoms with Crippen molar-refractivity contribution in [3.05, 3.63) is 70.3 Å². The topological polar surface area (TPSA) is 83.1 Å². The quantitative estimate of drug-likeness (QED) is 0.692. The summed E-state index contributed by atoms with van der Waals surface area (Å²) in [5, 5.41) is 0.557. The van der Waals surface area contributed by atoms with E-state index in [1.807, 2.05) is 0 Å². The number of fused-ring (bicyclic) bond motifs is 3. The second-order valence-corrected chi connectivity index (χ2v) is 4.91. The van der Waals surface area contributed by atoms with Crippen molar-refractivity contribution in [2.45, 2.75) is 0 Å². The molecule has 3 heterocycles. The van der Waals surface area contributed by atoms with Gasteiger partial charge in [-0.25, -0.2) is 4.90 Å². The number of nitrogens with zero attached hydrogens (tertiary/aromatic N) is 2. The van der Waals surface area contributed by atoms with Gasteiger partial charge in [0, 0.05) is 17.1 Å². The number of pyridine rings is 2. The van der Waals surface area contributed by atoms with Crippen LogP contribution in [0.3, 0.4) is 0 Å². The van der Waals surface area contributed by atoms with Gasteiger partial charge in [-0.15, -0.1) is 0 Å². The van der Waals surface area contributed by atoms with E-state index in [1.165, 1.54) is 6.20 Å². The Kier molecular flexibility index (Phi) is 2.47. The van der Waals surface area contributed by atoms with Crippen molar-refractivity contribution < 1.29 is 9.59 Å². The normalized spacial score (nSPS) is 13.7. The number of anilines is 1. The molecule has 1 N–H and O–H groups in total. The molecular weight excluding hydrogens is 282 g/mol. The Morgan fingerprint density at radius 2 is 1.68 bits per heavy atom. The first-order valence-corrected chi connectivity index (χ1v) is 6.62. The number of imide groups is 1. The van der Waals surface area contributed by atoms with Crippen molar-refractivity contribution in [3.8, 4) is 0 Å². The summed E-state index contributed by atoms with van der Waals surface area (Å²) >= 11 is 0. The molecule has 0 aliphatic carbocycles. The molecule has 106 valence electrons. The summed E-state index contributed by atoms with van der Waals surface area (Å²) < 4.78 is 0. The van der Waals surface area contributed by atoms with Crippen LogP contribution in [0.25, 0.3) is 10.9 Å². The summed E-state index contributed by atoms with van der Waals surface area (Å²) in [5.74, 6) is -1.13. The Bertz CT molecular complexity index is 992. The number of hydrogen-bond donors (Lipinski definition) is 1. The first-order chi connectivity index (χ1) is 10.7. The van der Waals surface area contributed by atoms with Crippen LogP contribution in [-0.2, 0) is 0 Å². The van der Waals surface area contributed by atoms with E-state index in [9.17, 15) is 14.4 Å². The molecule has 1 aliphatic rings. The van der Waals surface area contributed by atoms with Crippen LogP contribution in [0.5, 0.6) is 0 Å². The minimum Gasteiger partial charge on any atom is -0.321 e. The summed E-state index contributed by atoms with van der Waals surface area (Å²) in [6.07, 6.45) is 2.96. The fourth-order valence-electron chi connectivity index (χ4n) is 2.71. The van der Waals surface area contributed by atoms with E-state index in [0.717, 1.165) is 4.90 Å². The van der Waals surface area contributed by atoms with Crippen LogP contribution in [0.15, 0.2) is 53.6 Å². The number of H-pyrrole nitrogens is 1. The fourth-order valence-corrected chi connectivity index (χ4v) is 2.71.